The fourth-order valence-electron chi connectivity index (χ4n) is 5.45. The number of unbranched alkanes of at least 4 members (excludes halogenated alkanes) is 15. The van der Waals surface area contributed by atoms with Gasteiger partial charge in [0.15, 0.2) is 0 Å². The van der Waals surface area contributed by atoms with Crippen molar-refractivity contribution in [3.05, 3.63) is 39.2 Å². The number of anilines is 1. The van der Waals surface area contributed by atoms with Crippen LogP contribution in [-0.4, -0.2) is 66.3 Å². The standard InChI is InChI=1S/C31H55N5O5/c1-28(2)33-22-24-34(25-23-33)30-20-19-29(27-32-30)31(37)35(38)21-17-15-13-11-9-7-5-3-4-6-8-10-12-14-16-18-26-41-36(39)40/h19-20,27-28,35H,3-18,21-26H2,1-2H3. The molecule has 0 spiro atoms. The number of aromatic nitrogens is 1. The van der Waals surface area contributed by atoms with Gasteiger partial charge in [-0.25, -0.2) is 9.78 Å². The summed E-state index contributed by atoms with van der Waals surface area (Å²) in [7, 11) is 0. The second-order valence-electron chi connectivity index (χ2n) is 11.7. The molecule has 0 saturated carbocycles. The molecule has 1 fully saturated rings. The average molecular weight is 578 g/mol. The van der Waals surface area contributed by atoms with E-state index in [4.69, 9.17) is 0 Å². The van der Waals surface area contributed by atoms with Gasteiger partial charge in [-0.1, -0.05) is 83.5 Å². The lowest BCUT2D eigenvalue weighted by molar-refractivity contribution is -0.757. The first-order valence-corrected chi connectivity index (χ1v) is 16.2. The smallest absolute Gasteiger partial charge is 0.345 e. The summed E-state index contributed by atoms with van der Waals surface area (Å²) in [5.74, 6) is 0.468. The van der Waals surface area contributed by atoms with E-state index >= 15 is 0 Å². The Morgan fingerprint density at radius 1 is 0.854 bits per heavy atom. The van der Waals surface area contributed by atoms with Gasteiger partial charge in [-0.3, -0.25) is 4.90 Å². The van der Waals surface area contributed by atoms with Crippen LogP contribution in [0.2, 0.25) is 0 Å². The molecule has 1 unspecified atom stereocenters. The van der Waals surface area contributed by atoms with E-state index in [9.17, 15) is 20.1 Å². The zero-order valence-electron chi connectivity index (χ0n) is 25.7. The van der Waals surface area contributed by atoms with Crippen molar-refractivity contribution in [3.8, 4) is 0 Å². The highest BCUT2D eigenvalue weighted by Gasteiger charge is 2.21. The maximum absolute atomic E-state index is 12.5. The number of nitrogens with one attached hydrogen (secondary N) is 1. The molecule has 1 aliphatic heterocycles. The van der Waals surface area contributed by atoms with Crippen LogP contribution in [0.25, 0.3) is 0 Å². The third-order valence-corrected chi connectivity index (χ3v) is 8.13. The molecular weight excluding hydrogens is 522 g/mol. The van der Waals surface area contributed by atoms with Gasteiger partial charge in [-0.2, -0.15) is 0 Å². The van der Waals surface area contributed by atoms with E-state index in [1.165, 1.54) is 64.2 Å². The average Bonchev–Trinajstić information content (AvgIpc) is 2.97. The molecule has 0 bridgehead atoms. The summed E-state index contributed by atoms with van der Waals surface area (Å²) in [6.07, 6.45) is 20.1. The maximum Gasteiger partial charge on any atom is 0.345 e. The van der Waals surface area contributed by atoms with E-state index < -0.39 is 11.0 Å². The summed E-state index contributed by atoms with van der Waals surface area (Å²) < 4.78 is 0. The molecule has 1 atom stereocenters. The zero-order chi connectivity index (χ0) is 29.7. The predicted molar refractivity (Wildman–Crippen MR) is 164 cm³/mol. The summed E-state index contributed by atoms with van der Waals surface area (Å²) in [6.45, 7) is 8.86. The molecule has 0 aromatic carbocycles. The Bertz CT molecular complexity index is 831. The number of quaternary nitrogens is 1. The lowest BCUT2D eigenvalue weighted by Crippen LogP contribution is -3.10. The first-order chi connectivity index (χ1) is 19.9. The van der Waals surface area contributed by atoms with Gasteiger partial charge >= 0.3 is 5.91 Å². The Kier molecular flexibility index (Phi) is 18.2. The molecule has 2 heterocycles. The minimum absolute atomic E-state index is 0.221. The van der Waals surface area contributed by atoms with Crippen LogP contribution in [-0.2, 0) is 4.84 Å². The van der Waals surface area contributed by atoms with Crippen LogP contribution in [0.15, 0.2) is 18.3 Å². The van der Waals surface area contributed by atoms with E-state index in [1.807, 2.05) is 6.07 Å². The van der Waals surface area contributed by atoms with Crippen LogP contribution >= 0.6 is 0 Å². The van der Waals surface area contributed by atoms with E-state index in [2.05, 4.69) is 33.5 Å². The number of hydrogen-bond acceptors (Lipinski definition) is 8. The first kappa shape index (κ1) is 34.9. The number of hydroxylamine groups is 2. The largest absolute Gasteiger partial charge is 0.626 e. The quantitative estimate of drug-likeness (QED) is 0.102. The van der Waals surface area contributed by atoms with Crippen molar-refractivity contribution in [2.75, 3.05) is 44.2 Å². The van der Waals surface area contributed by atoms with Crippen LogP contribution in [0.5, 0.6) is 0 Å². The van der Waals surface area contributed by atoms with Crippen LogP contribution in [0.4, 0.5) is 5.82 Å². The Morgan fingerprint density at radius 3 is 1.78 bits per heavy atom. The number of piperazine rings is 1. The van der Waals surface area contributed by atoms with Gasteiger partial charge in [0.25, 0.3) is 5.09 Å². The van der Waals surface area contributed by atoms with Gasteiger partial charge in [0.05, 0.1) is 18.7 Å². The van der Waals surface area contributed by atoms with Crippen LogP contribution in [0.3, 0.4) is 0 Å². The minimum atomic E-state index is -0.718. The molecule has 234 valence electrons. The summed E-state index contributed by atoms with van der Waals surface area (Å²) in [5.41, 5.74) is 0.400. The van der Waals surface area contributed by atoms with Gasteiger partial charge in [0, 0.05) is 38.4 Å². The highest BCUT2D eigenvalue weighted by Crippen LogP contribution is 2.16. The van der Waals surface area contributed by atoms with Gasteiger partial charge in [-0.05, 0) is 45.2 Å². The van der Waals surface area contributed by atoms with Gasteiger partial charge in [0.2, 0.25) is 0 Å². The van der Waals surface area contributed by atoms with Crippen molar-refractivity contribution < 1.29 is 19.8 Å². The number of carbonyl (C=O) groups is 1. The number of pyridine rings is 1. The molecule has 41 heavy (non-hydrogen) atoms. The van der Waals surface area contributed by atoms with Crippen LogP contribution in [0, 0.1) is 15.3 Å². The predicted octanol–water partition coefficient (Wildman–Crippen LogP) is 5.58. The molecule has 1 aromatic heterocycles. The monoisotopic (exact) mass is 577 g/mol. The number of carbonyl (C=O) groups excluding carboxylic acids is 1. The lowest BCUT2D eigenvalue weighted by Gasteiger charge is -2.37. The van der Waals surface area contributed by atoms with Gasteiger partial charge in [0.1, 0.15) is 5.82 Å². The van der Waals surface area contributed by atoms with E-state index in [-0.39, 0.29) is 11.7 Å². The van der Waals surface area contributed by atoms with Crippen molar-refractivity contribution in [2.24, 2.45) is 0 Å². The molecule has 10 nitrogen and oxygen atoms in total. The van der Waals surface area contributed by atoms with Crippen molar-refractivity contribution >= 4 is 11.7 Å². The SMILES string of the molecule is CC(C)N1CCN(c2ccc(C(=O)[NH+]([O-])CCCCCCCCCCCCCCCCCCO[N+](=O)[O-])cn2)CC1. The van der Waals surface area contributed by atoms with Crippen molar-refractivity contribution in [3.63, 3.8) is 0 Å². The molecule has 1 saturated heterocycles. The molecule has 0 radical (unpaired) electrons. The molecule has 0 aliphatic carbocycles. The number of rotatable bonds is 23. The highest BCUT2D eigenvalue weighted by molar-refractivity contribution is 5.87. The molecule has 10 heteroatoms. The lowest BCUT2D eigenvalue weighted by atomic mass is 10.0. The molecule has 1 N–H and O–H groups in total. The van der Waals surface area contributed by atoms with E-state index in [0.29, 0.717) is 18.2 Å². The minimum Gasteiger partial charge on any atom is -0.626 e. The second kappa shape index (κ2) is 21.4. The van der Waals surface area contributed by atoms with Gasteiger partial charge < -0.3 is 20.0 Å². The summed E-state index contributed by atoms with van der Waals surface area (Å²) >= 11 is 0. The molecule has 1 amide bonds. The molecule has 1 aromatic rings. The van der Waals surface area contributed by atoms with Crippen molar-refractivity contribution in [1.82, 2.24) is 9.88 Å². The van der Waals surface area contributed by atoms with Crippen molar-refractivity contribution in [2.45, 2.75) is 123 Å². The fraction of sp³-hybridized carbons (Fsp3) is 0.806. The van der Waals surface area contributed by atoms with E-state index in [0.717, 1.165) is 70.5 Å². The molecule has 2 rings (SSSR count). The normalized spacial score (nSPS) is 14.9. The highest BCUT2D eigenvalue weighted by atomic mass is 16.9. The van der Waals surface area contributed by atoms with Crippen molar-refractivity contribution in [1.29, 1.82) is 0 Å². The number of hydrogen-bond donors (Lipinski definition) is 1. The zero-order valence-corrected chi connectivity index (χ0v) is 25.7. The molecule has 1 aliphatic rings. The Balaban J connectivity index is 1.39. The topological polar surface area (TPSA) is 116 Å². The summed E-state index contributed by atoms with van der Waals surface area (Å²) in [4.78, 5) is 36.1. The molecular formula is C31H55N5O5. The van der Waals surface area contributed by atoms with Crippen LogP contribution < -0.4 is 9.96 Å². The van der Waals surface area contributed by atoms with E-state index in [1.54, 1.807) is 12.3 Å². The number of nitrogens with zero attached hydrogens (tertiary/aromatic N) is 4. The third-order valence-electron chi connectivity index (χ3n) is 8.13. The Morgan fingerprint density at radius 2 is 1.34 bits per heavy atom. The Labute approximate surface area is 247 Å². The third kappa shape index (κ3) is 15.5. The first-order valence-electron chi connectivity index (χ1n) is 16.2. The maximum atomic E-state index is 12.5. The van der Waals surface area contributed by atoms with Gasteiger partial charge in [-0.15, -0.1) is 10.1 Å². The van der Waals surface area contributed by atoms with Crippen LogP contribution in [0.1, 0.15) is 127 Å². The number of amides is 1. The fourth-order valence-corrected chi connectivity index (χ4v) is 5.45. The summed E-state index contributed by atoms with van der Waals surface area (Å²) in [6, 6.07) is 4.18. The Hall–Kier alpha value is -2.30. The second-order valence-corrected chi connectivity index (χ2v) is 11.7. The summed E-state index contributed by atoms with van der Waals surface area (Å²) in [5, 5.41) is 21.5.